The van der Waals surface area contributed by atoms with Crippen LogP contribution < -0.4 is 10.4 Å². The molecule has 0 saturated carbocycles. The quantitative estimate of drug-likeness (QED) is 0.210. The van der Waals surface area contributed by atoms with Gasteiger partial charge in [0.05, 0.1) is 16.6 Å². The molecule has 0 N–H and O–H groups in total. The van der Waals surface area contributed by atoms with Gasteiger partial charge in [-0.25, -0.2) is 0 Å². The molecule has 1 atom stereocenters. The van der Waals surface area contributed by atoms with E-state index >= 15 is 0 Å². The van der Waals surface area contributed by atoms with E-state index in [0.29, 0.717) is 0 Å². The highest BCUT2D eigenvalue weighted by Gasteiger charge is 2.45. The Kier molecular flexibility index (Phi) is 5.21. The van der Waals surface area contributed by atoms with Crippen molar-refractivity contribution in [2.75, 3.05) is 4.90 Å². The molecule has 194 valence electrons. The highest BCUT2D eigenvalue weighted by Crippen LogP contribution is 2.55. The molecule has 1 aliphatic carbocycles. The minimum Gasteiger partial charge on any atom is -0.331 e. The predicted molar refractivity (Wildman–Crippen MR) is 175 cm³/mol. The van der Waals surface area contributed by atoms with E-state index in [2.05, 4.69) is 145 Å². The molecule has 1 aromatic heterocycles. The largest absolute Gasteiger partial charge is 0.331 e. The molecule has 6 aromatic rings. The average molecular weight is 524 g/mol. The van der Waals surface area contributed by atoms with Crippen molar-refractivity contribution in [3.63, 3.8) is 0 Å². The summed E-state index contributed by atoms with van der Waals surface area (Å²) in [6, 6.07) is 41.5. The first-order valence-electron chi connectivity index (χ1n) is 14.3. The van der Waals surface area contributed by atoms with Gasteiger partial charge in [-0.15, -0.1) is 0 Å². The Labute approximate surface area is 242 Å². The molecule has 2 aliphatic rings. The standard InChI is InChI=1S/C38H29BN2/c1-25-20-28(39)24-30(21-25)40-35-14-8-6-12-31(35)33-22-26(16-17-36(33)40)27-18-19-38(2)34(23-27)32-13-7-9-15-37(32)41(38)29-10-4-3-5-11-29/h3-18,20-24H,19H2,1-2H3. The molecule has 0 amide bonds. The van der Waals surface area contributed by atoms with Crippen LogP contribution >= 0.6 is 0 Å². The summed E-state index contributed by atoms with van der Waals surface area (Å²) in [5.41, 5.74) is 13.0. The van der Waals surface area contributed by atoms with E-state index in [4.69, 9.17) is 7.85 Å². The SMILES string of the molecule is [B]c1cc(C)cc(-n2c3ccccc3c3cc(C4=CCC5(C)C(=C4)c4ccccc4N5c4ccccc4)ccc32)c1. The second-order valence-corrected chi connectivity index (χ2v) is 11.6. The van der Waals surface area contributed by atoms with Gasteiger partial charge in [-0.2, -0.15) is 0 Å². The number of hydrogen-bond acceptors (Lipinski definition) is 1. The summed E-state index contributed by atoms with van der Waals surface area (Å²) in [4.78, 5) is 2.52. The molecule has 41 heavy (non-hydrogen) atoms. The fourth-order valence-electron chi connectivity index (χ4n) is 7.08. The van der Waals surface area contributed by atoms with Crippen molar-refractivity contribution in [2.24, 2.45) is 0 Å². The van der Waals surface area contributed by atoms with Crippen LogP contribution in [0.1, 0.15) is 30.0 Å². The number of allylic oxidation sites excluding steroid dienone is 2. The first-order chi connectivity index (χ1) is 20.0. The number of rotatable bonds is 3. The van der Waals surface area contributed by atoms with Crippen LogP contribution in [0.4, 0.5) is 11.4 Å². The summed E-state index contributed by atoms with van der Waals surface area (Å²) in [7, 11) is 6.28. The number of fused-ring (bicyclic) bond motifs is 6. The van der Waals surface area contributed by atoms with E-state index in [1.165, 1.54) is 55.5 Å². The van der Waals surface area contributed by atoms with Gasteiger partial charge in [-0.3, -0.25) is 0 Å². The molecule has 1 aliphatic heterocycles. The van der Waals surface area contributed by atoms with Crippen molar-refractivity contribution < 1.29 is 0 Å². The molecule has 0 spiro atoms. The molecule has 1 unspecified atom stereocenters. The van der Waals surface area contributed by atoms with Crippen LogP contribution in [0, 0.1) is 6.92 Å². The third-order valence-electron chi connectivity index (χ3n) is 8.89. The number of benzene rings is 5. The van der Waals surface area contributed by atoms with Crippen LogP contribution in [0.2, 0.25) is 0 Å². The molecule has 8 rings (SSSR count). The van der Waals surface area contributed by atoms with Gasteiger partial charge in [-0.1, -0.05) is 78.3 Å². The number of anilines is 2. The Hall–Kier alpha value is -4.76. The van der Waals surface area contributed by atoms with E-state index < -0.39 is 0 Å². The van der Waals surface area contributed by atoms with Crippen LogP contribution in [0.5, 0.6) is 0 Å². The second kappa shape index (κ2) is 8.87. The number of hydrogen-bond donors (Lipinski definition) is 0. The number of para-hydroxylation sites is 3. The molecule has 0 saturated heterocycles. The predicted octanol–water partition coefficient (Wildman–Crippen LogP) is 8.67. The molecule has 3 heteroatoms. The molecule has 2 heterocycles. The van der Waals surface area contributed by atoms with Gasteiger partial charge < -0.3 is 9.47 Å². The molecular weight excluding hydrogens is 495 g/mol. The minimum atomic E-state index is -0.139. The lowest BCUT2D eigenvalue weighted by molar-refractivity contribution is 0.608. The van der Waals surface area contributed by atoms with Crippen molar-refractivity contribution in [1.29, 1.82) is 0 Å². The van der Waals surface area contributed by atoms with Gasteiger partial charge in [0.2, 0.25) is 0 Å². The van der Waals surface area contributed by atoms with Crippen molar-refractivity contribution >= 4 is 57.6 Å². The summed E-state index contributed by atoms with van der Waals surface area (Å²) in [6.45, 7) is 4.48. The Balaban J connectivity index is 1.28. The second-order valence-electron chi connectivity index (χ2n) is 11.6. The summed E-state index contributed by atoms with van der Waals surface area (Å²) in [5, 5.41) is 2.50. The van der Waals surface area contributed by atoms with Crippen molar-refractivity contribution in [2.45, 2.75) is 25.8 Å². The maximum atomic E-state index is 6.28. The van der Waals surface area contributed by atoms with Crippen LogP contribution in [-0.2, 0) is 0 Å². The molecule has 0 fully saturated rings. The fraction of sp³-hybridized carbons (Fsp3) is 0.105. The smallest absolute Gasteiger partial charge is 0.113 e. The van der Waals surface area contributed by atoms with E-state index in [1.807, 2.05) is 6.07 Å². The average Bonchev–Trinajstić information content (AvgIpc) is 3.45. The van der Waals surface area contributed by atoms with Gasteiger partial charge in [0, 0.05) is 33.4 Å². The van der Waals surface area contributed by atoms with Gasteiger partial charge in [0.15, 0.2) is 0 Å². The third kappa shape index (κ3) is 3.58. The van der Waals surface area contributed by atoms with Crippen LogP contribution in [0.3, 0.4) is 0 Å². The lowest BCUT2D eigenvalue weighted by atomic mass is 9.80. The zero-order valence-corrected chi connectivity index (χ0v) is 23.3. The summed E-state index contributed by atoms with van der Waals surface area (Å²) >= 11 is 0. The molecule has 0 bridgehead atoms. The van der Waals surface area contributed by atoms with Gasteiger partial charge >= 0.3 is 0 Å². The Morgan fingerprint density at radius 3 is 2.32 bits per heavy atom. The topological polar surface area (TPSA) is 8.17 Å². The highest BCUT2D eigenvalue weighted by atomic mass is 15.2. The molecule has 5 aromatic carbocycles. The Bertz CT molecular complexity index is 2040. The van der Waals surface area contributed by atoms with Crippen molar-refractivity contribution in [3.05, 3.63) is 144 Å². The zero-order valence-electron chi connectivity index (χ0n) is 23.3. The highest BCUT2D eigenvalue weighted by molar-refractivity contribution is 6.32. The molecule has 2 radical (unpaired) electrons. The molecule has 2 nitrogen and oxygen atoms in total. The third-order valence-corrected chi connectivity index (χ3v) is 8.89. The van der Waals surface area contributed by atoms with E-state index in [-0.39, 0.29) is 5.54 Å². The molecular formula is C38H29BN2. The van der Waals surface area contributed by atoms with Gasteiger partial charge in [0.25, 0.3) is 0 Å². The Morgan fingerprint density at radius 1 is 0.707 bits per heavy atom. The van der Waals surface area contributed by atoms with Crippen LogP contribution in [0.15, 0.2) is 127 Å². The summed E-state index contributed by atoms with van der Waals surface area (Å²) in [6.07, 6.45) is 5.78. The maximum Gasteiger partial charge on any atom is 0.113 e. The van der Waals surface area contributed by atoms with Crippen LogP contribution in [0.25, 0.3) is 38.6 Å². The van der Waals surface area contributed by atoms with E-state index in [1.54, 1.807) is 0 Å². The minimum absolute atomic E-state index is 0.139. The maximum absolute atomic E-state index is 6.28. The van der Waals surface area contributed by atoms with Gasteiger partial charge in [0.1, 0.15) is 7.85 Å². The first kappa shape index (κ1) is 24.1. The van der Waals surface area contributed by atoms with Gasteiger partial charge in [-0.05, 0) is 97.1 Å². The monoisotopic (exact) mass is 524 g/mol. The normalized spacial score (nSPS) is 17.9. The van der Waals surface area contributed by atoms with Crippen molar-refractivity contribution in [1.82, 2.24) is 4.57 Å². The summed E-state index contributed by atoms with van der Waals surface area (Å²) < 4.78 is 2.34. The van der Waals surface area contributed by atoms with E-state index in [9.17, 15) is 0 Å². The lowest BCUT2D eigenvalue weighted by Gasteiger charge is -2.39. The van der Waals surface area contributed by atoms with Crippen LogP contribution in [-0.4, -0.2) is 18.0 Å². The summed E-state index contributed by atoms with van der Waals surface area (Å²) in [5.74, 6) is 0. The lowest BCUT2D eigenvalue weighted by Crippen LogP contribution is -2.40. The number of aromatic nitrogens is 1. The number of nitrogens with zero attached hydrogens (tertiary/aromatic N) is 2. The fourth-order valence-corrected chi connectivity index (χ4v) is 7.08. The zero-order chi connectivity index (χ0) is 27.7. The Morgan fingerprint density at radius 2 is 1.46 bits per heavy atom. The van der Waals surface area contributed by atoms with Crippen molar-refractivity contribution in [3.8, 4) is 5.69 Å². The first-order valence-corrected chi connectivity index (χ1v) is 14.3. The van der Waals surface area contributed by atoms with E-state index in [0.717, 1.165) is 23.1 Å². The number of aryl methyl sites for hydroxylation is 1.